The fourth-order valence-corrected chi connectivity index (χ4v) is 5.63. The highest BCUT2D eigenvalue weighted by atomic mass is 32.2. The summed E-state index contributed by atoms with van der Waals surface area (Å²) in [5.41, 5.74) is 3.29. The molecule has 3 aromatic rings. The number of rotatable bonds is 12. The number of nitrogens with one attached hydrogen (secondary N) is 1. The van der Waals surface area contributed by atoms with Gasteiger partial charge in [-0.2, -0.15) is 0 Å². The summed E-state index contributed by atoms with van der Waals surface area (Å²) < 4.78 is 28.7. The Hall–Kier alpha value is -3.65. The van der Waals surface area contributed by atoms with E-state index in [2.05, 4.69) is 5.32 Å². The van der Waals surface area contributed by atoms with E-state index in [9.17, 15) is 18.0 Å². The maximum Gasteiger partial charge on any atom is 0.264 e. The van der Waals surface area contributed by atoms with Crippen LogP contribution < -0.4 is 9.62 Å². The Balaban J connectivity index is 2.02. The molecule has 39 heavy (non-hydrogen) atoms. The first-order chi connectivity index (χ1) is 18.5. The van der Waals surface area contributed by atoms with E-state index in [-0.39, 0.29) is 23.3 Å². The lowest BCUT2D eigenvalue weighted by molar-refractivity contribution is -0.140. The molecule has 0 heterocycles. The van der Waals surface area contributed by atoms with Gasteiger partial charge in [0, 0.05) is 13.1 Å². The van der Waals surface area contributed by atoms with Crippen molar-refractivity contribution in [2.24, 2.45) is 5.92 Å². The summed E-state index contributed by atoms with van der Waals surface area (Å²) in [7, 11) is -4.06. The zero-order chi connectivity index (χ0) is 28.6. The molecule has 0 spiro atoms. The summed E-state index contributed by atoms with van der Waals surface area (Å²) in [6, 6.07) is 22.1. The number of sulfonamides is 1. The molecule has 0 fully saturated rings. The molecule has 0 aromatic heterocycles. The molecule has 1 atom stereocenters. The number of nitrogens with zero attached hydrogens (tertiary/aromatic N) is 2. The first-order valence-electron chi connectivity index (χ1n) is 13.3. The first kappa shape index (κ1) is 29.9. The largest absolute Gasteiger partial charge is 0.354 e. The van der Waals surface area contributed by atoms with Gasteiger partial charge in [-0.15, -0.1) is 0 Å². The first-order valence-corrected chi connectivity index (χ1v) is 14.7. The van der Waals surface area contributed by atoms with Crippen molar-refractivity contribution < 1.29 is 18.0 Å². The van der Waals surface area contributed by atoms with E-state index < -0.39 is 28.5 Å². The quantitative estimate of drug-likeness (QED) is 0.341. The Bertz CT molecular complexity index is 1340. The van der Waals surface area contributed by atoms with E-state index in [4.69, 9.17) is 0 Å². The highest BCUT2D eigenvalue weighted by Gasteiger charge is 2.33. The van der Waals surface area contributed by atoms with Gasteiger partial charge in [0.25, 0.3) is 10.0 Å². The third kappa shape index (κ3) is 7.93. The lowest BCUT2D eigenvalue weighted by Gasteiger charge is -2.33. The van der Waals surface area contributed by atoms with E-state index in [1.165, 1.54) is 17.0 Å². The summed E-state index contributed by atoms with van der Waals surface area (Å²) in [5, 5.41) is 2.95. The molecule has 3 rings (SSSR count). The average Bonchev–Trinajstić information content (AvgIpc) is 2.92. The van der Waals surface area contributed by atoms with Gasteiger partial charge in [-0.1, -0.05) is 86.5 Å². The molecule has 0 aliphatic heterocycles. The summed E-state index contributed by atoms with van der Waals surface area (Å²) in [6.07, 6.45) is 0.386. The second kappa shape index (κ2) is 13.4. The van der Waals surface area contributed by atoms with Crippen LogP contribution in [0.4, 0.5) is 5.69 Å². The molecule has 2 amide bonds. The van der Waals surface area contributed by atoms with Gasteiger partial charge in [0.15, 0.2) is 0 Å². The molecule has 0 bridgehead atoms. The molecule has 208 valence electrons. The topological polar surface area (TPSA) is 86.8 Å². The third-order valence-corrected chi connectivity index (χ3v) is 8.26. The molecule has 3 aromatic carbocycles. The van der Waals surface area contributed by atoms with Crippen molar-refractivity contribution in [3.8, 4) is 0 Å². The van der Waals surface area contributed by atoms with Gasteiger partial charge in [-0.3, -0.25) is 13.9 Å². The normalized spacial score (nSPS) is 12.2. The highest BCUT2D eigenvalue weighted by molar-refractivity contribution is 7.92. The Kier molecular flexibility index (Phi) is 10.3. The molecule has 7 nitrogen and oxygen atoms in total. The van der Waals surface area contributed by atoms with E-state index in [1.54, 1.807) is 30.3 Å². The smallest absolute Gasteiger partial charge is 0.264 e. The van der Waals surface area contributed by atoms with Crippen LogP contribution in [0.15, 0.2) is 83.8 Å². The molecule has 0 radical (unpaired) electrons. The number of anilines is 1. The Labute approximate surface area is 232 Å². The molecule has 0 saturated heterocycles. The number of benzene rings is 3. The van der Waals surface area contributed by atoms with Crippen molar-refractivity contribution in [1.29, 1.82) is 0 Å². The van der Waals surface area contributed by atoms with Gasteiger partial charge in [0.1, 0.15) is 12.6 Å². The van der Waals surface area contributed by atoms with Crippen molar-refractivity contribution in [2.75, 3.05) is 17.4 Å². The van der Waals surface area contributed by atoms with Crippen LogP contribution in [0.3, 0.4) is 0 Å². The summed E-state index contributed by atoms with van der Waals surface area (Å²) in [4.78, 5) is 28.9. The second-order valence-corrected chi connectivity index (χ2v) is 12.1. The third-order valence-electron chi connectivity index (χ3n) is 6.48. The van der Waals surface area contributed by atoms with Crippen LogP contribution in [-0.2, 0) is 26.2 Å². The molecular formula is C31H39N3O4S. The number of hydrogen-bond donors (Lipinski definition) is 1. The number of carbonyl (C=O) groups is 2. The van der Waals surface area contributed by atoms with Crippen molar-refractivity contribution >= 4 is 27.5 Å². The predicted molar refractivity (Wildman–Crippen MR) is 156 cm³/mol. The lowest BCUT2D eigenvalue weighted by Crippen LogP contribution is -2.52. The monoisotopic (exact) mass is 549 g/mol. The SMILES string of the molecule is CCC(C(=O)NCC(C)C)N(Cc1ccc(C)cc1)C(=O)CN(c1ccc(C)cc1)S(=O)(=O)c1ccccc1. The van der Waals surface area contributed by atoms with Crippen LogP contribution in [-0.4, -0.2) is 44.3 Å². The Morgan fingerprint density at radius 3 is 1.95 bits per heavy atom. The lowest BCUT2D eigenvalue weighted by atomic mass is 10.1. The van der Waals surface area contributed by atoms with E-state index in [0.29, 0.717) is 18.7 Å². The van der Waals surface area contributed by atoms with E-state index in [0.717, 1.165) is 21.0 Å². The summed E-state index contributed by atoms with van der Waals surface area (Å²) >= 11 is 0. The summed E-state index contributed by atoms with van der Waals surface area (Å²) in [6.45, 7) is 9.98. The van der Waals surface area contributed by atoms with Gasteiger partial charge in [0.2, 0.25) is 11.8 Å². The van der Waals surface area contributed by atoms with E-state index >= 15 is 0 Å². The number of amides is 2. The minimum atomic E-state index is -4.06. The zero-order valence-corrected chi connectivity index (χ0v) is 24.2. The van der Waals surface area contributed by atoms with Crippen LogP contribution in [0.2, 0.25) is 0 Å². The second-order valence-electron chi connectivity index (χ2n) is 10.2. The van der Waals surface area contributed by atoms with Gasteiger partial charge >= 0.3 is 0 Å². The van der Waals surface area contributed by atoms with Crippen molar-refractivity contribution in [3.05, 3.63) is 95.6 Å². The maximum atomic E-state index is 14.0. The van der Waals surface area contributed by atoms with Crippen LogP contribution in [0.1, 0.15) is 43.9 Å². The van der Waals surface area contributed by atoms with Gasteiger partial charge in [-0.25, -0.2) is 8.42 Å². The standard InChI is InChI=1S/C31H39N3O4S/c1-6-29(31(36)32-20-23(2)3)33(21-26-16-12-24(4)13-17-26)30(35)22-34(27-18-14-25(5)15-19-27)39(37,38)28-10-8-7-9-11-28/h7-19,23,29H,6,20-22H2,1-5H3,(H,32,36). The molecule has 8 heteroatoms. The van der Waals surface area contributed by atoms with Crippen LogP contribution in [0.5, 0.6) is 0 Å². The minimum absolute atomic E-state index is 0.0881. The Morgan fingerprint density at radius 2 is 1.41 bits per heavy atom. The molecule has 0 aliphatic rings. The molecule has 0 aliphatic carbocycles. The minimum Gasteiger partial charge on any atom is -0.354 e. The molecule has 1 unspecified atom stereocenters. The molecule has 0 saturated carbocycles. The number of carbonyl (C=O) groups excluding carboxylic acids is 2. The molecular weight excluding hydrogens is 510 g/mol. The average molecular weight is 550 g/mol. The van der Waals surface area contributed by atoms with Gasteiger partial charge in [0.05, 0.1) is 10.6 Å². The highest BCUT2D eigenvalue weighted by Crippen LogP contribution is 2.25. The predicted octanol–water partition coefficient (Wildman–Crippen LogP) is 5.08. The van der Waals surface area contributed by atoms with Crippen molar-refractivity contribution in [1.82, 2.24) is 10.2 Å². The van der Waals surface area contributed by atoms with Crippen LogP contribution in [0, 0.1) is 19.8 Å². The number of hydrogen-bond acceptors (Lipinski definition) is 4. The van der Waals surface area contributed by atoms with Gasteiger partial charge in [-0.05, 0) is 56.0 Å². The van der Waals surface area contributed by atoms with Crippen LogP contribution >= 0.6 is 0 Å². The van der Waals surface area contributed by atoms with E-state index in [1.807, 2.05) is 71.0 Å². The summed E-state index contributed by atoms with van der Waals surface area (Å²) in [5.74, 6) is -0.456. The van der Waals surface area contributed by atoms with Crippen molar-refractivity contribution in [2.45, 2.75) is 58.5 Å². The van der Waals surface area contributed by atoms with Gasteiger partial charge < -0.3 is 10.2 Å². The van der Waals surface area contributed by atoms with Crippen molar-refractivity contribution in [3.63, 3.8) is 0 Å². The zero-order valence-electron chi connectivity index (χ0n) is 23.4. The molecule has 1 N–H and O–H groups in total. The fourth-order valence-electron chi connectivity index (χ4n) is 4.19. The number of aryl methyl sites for hydroxylation is 2. The fraction of sp³-hybridized carbons (Fsp3) is 0.355. The maximum absolute atomic E-state index is 14.0. The Morgan fingerprint density at radius 1 is 0.846 bits per heavy atom. The van der Waals surface area contributed by atoms with Crippen LogP contribution in [0.25, 0.3) is 0 Å².